The summed E-state index contributed by atoms with van der Waals surface area (Å²) in [7, 11) is 0. The van der Waals surface area contributed by atoms with Crippen LogP contribution in [0.2, 0.25) is 0 Å². The lowest BCUT2D eigenvalue weighted by atomic mass is 10.2. The van der Waals surface area contributed by atoms with E-state index < -0.39 is 11.2 Å². The summed E-state index contributed by atoms with van der Waals surface area (Å²) in [6.45, 7) is 4.16. The maximum Gasteiger partial charge on any atom is 0.326 e. The molecule has 20 heavy (non-hydrogen) atoms. The summed E-state index contributed by atoms with van der Waals surface area (Å²) in [5.41, 5.74) is -1.17. The molecule has 1 aliphatic heterocycles. The Labute approximate surface area is 116 Å². The van der Waals surface area contributed by atoms with E-state index in [1.807, 2.05) is 6.92 Å². The summed E-state index contributed by atoms with van der Waals surface area (Å²) < 4.78 is 0. The van der Waals surface area contributed by atoms with E-state index in [1.54, 1.807) is 4.90 Å². The van der Waals surface area contributed by atoms with Gasteiger partial charge in [0.05, 0.1) is 0 Å². The lowest BCUT2D eigenvalue weighted by Gasteiger charge is -2.25. The van der Waals surface area contributed by atoms with Gasteiger partial charge in [0, 0.05) is 25.2 Å². The molecule has 0 radical (unpaired) electrons. The summed E-state index contributed by atoms with van der Waals surface area (Å²) in [4.78, 5) is 41.1. The Morgan fingerprint density at radius 1 is 1.40 bits per heavy atom. The number of aromatic amines is 2. The van der Waals surface area contributed by atoms with Crippen molar-refractivity contribution < 1.29 is 4.79 Å². The van der Waals surface area contributed by atoms with Crippen LogP contribution in [-0.2, 0) is 0 Å². The molecule has 1 aliphatic rings. The number of aromatic nitrogens is 2. The number of hydrogen-bond donors (Lipinski definition) is 3. The minimum Gasteiger partial charge on any atom is -0.336 e. The number of rotatable bonds is 5. The third-order valence-electron chi connectivity index (χ3n) is 3.37. The topological polar surface area (TPSA) is 98.1 Å². The van der Waals surface area contributed by atoms with E-state index in [0.717, 1.165) is 31.9 Å². The summed E-state index contributed by atoms with van der Waals surface area (Å²) in [5.74, 6) is -0.302. The number of H-pyrrole nitrogens is 2. The zero-order chi connectivity index (χ0) is 14.5. The van der Waals surface area contributed by atoms with E-state index in [9.17, 15) is 14.4 Å². The second-order valence-corrected chi connectivity index (χ2v) is 5.05. The van der Waals surface area contributed by atoms with E-state index in [2.05, 4.69) is 15.3 Å². The Balaban J connectivity index is 2.16. The fourth-order valence-electron chi connectivity index (χ4n) is 2.48. The minimum absolute atomic E-state index is 0.0465. The smallest absolute Gasteiger partial charge is 0.326 e. The van der Waals surface area contributed by atoms with Gasteiger partial charge in [-0.05, 0) is 25.8 Å². The molecule has 110 valence electrons. The van der Waals surface area contributed by atoms with Crippen molar-refractivity contribution in [2.75, 3.05) is 19.6 Å². The molecule has 1 aromatic rings. The van der Waals surface area contributed by atoms with Gasteiger partial charge in [-0.2, -0.15) is 0 Å². The van der Waals surface area contributed by atoms with E-state index in [4.69, 9.17) is 0 Å². The van der Waals surface area contributed by atoms with Gasteiger partial charge in [-0.1, -0.05) is 6.92 Å². The van der Waals surface area contributed by atoms with E-state index in [1.165, 1.54) is 0 Å². The van der Waals surface area contributed by atoms with Gasteiger partial charge in [0.25, 0.3) is 11.5 Å². The highest BCUT2D eigenvalue weighted by atomic mass is 16.2. The van der Waals surface area contributed by atoms with Crippen LogP contribution in [0.4, 0.5) is 0 Å². The first-order valence-corrected chi connectivity index (χ1v) is 6.96. The molecule has 0 spiro atoms. The quantitative estimate of drug-likeness (QED) is 0.687. The summed E-state index contributed by atoms with van der Waals surface area (Å²) in [6.07, 6.45) is 2.98. The monoisotopic (exact) mass is 280 g/mol. The molecule has 1 fully saturated rings. The van der Waals surface area contributed by atoms with Gasteiger partial charge >= 0.3 is 5.69 Å². The lowest BCUT2D eigenvalue weighted by Crippen LogP contribution is -2.42. The van der Waals surface area contributed by atoms with E-state index >= 15 is 0 Å². The predicted molar refractivity (Wildman–Crippen MR) is 74.9 cm³/mol. The Morgan fingerprint density at radius 2 is 2.20 bits per heavy atom. The Bertz CT molecular complexity index is 543. The van der Waals surface area contributed by atoms with Crippen molar-refractivity contribution in [2.24, 2.45) is 0 Å². The molecule has 0 aromatic carbocycles. The second-order valence-electron chi connectivity index (χ2n) is 5.05. The third-order valence-corrected chi connectivity index (χ3v) is 3.37. The third kappa shape index (κ3) is 3.57. The highest BCUT2D eigenvalue weighted by molar-refractivity contribution is 5.92. The van der Waals surface area contributed by atoms with Crippen molar-refractivity contribution in [1.82, 2.24) is 20.2 Å². The zero-order valence-corrected chi connectivity index (χ0v) is 11.6. The summed E-state index contributed by atoms with van der Waals surface area (Å²) in [5, 5.41) is 3.34. The van der Waals surface area contributed by atoms with Crippen molar-refractivity contribution >= 4 is 5.91 Å². The van der Waals surface area contributed by atoms with Crippen LogP contribution in [0.5, 0.6) is 0 Å². The fraction of sp³-hybridized carbons (Fsp3) is 0.615. The highest BCUT2D eigenvalue weighted by Gasteiger charge is 2.22. The molecule has 1 amide bonds. The van der Waals surface area contributed by atoms with Crippen LogP contribution >= 0.6 is 0 Å². The van der Waals surface area contributed by atoms with Crippen LogP contribution in [0.1, 0.15) is 36.7 Å². The van der Waals surface area contributed by atoms with E-state index in [-0.39, 0.29) is 11.6 Å². The normalized spacial score (nSPS) is 18.1. The molecule has 1 atom stereocenters. The Hall–Kier alpha value is -1.89. The molecule has 1 aromatic heterocycles. The number of amides is 1. The van der Waals surface area contributed by atoms with Crippen molar-refractivity contribution in [3.05, 3.63) is 32.6 Å². The van der Waals surface area contributed by atoms with E-state index in [0.29, 0.717) is 19.1 Å². The molecule has 7 nitrogen and oxygen atoms in total. The average molecular weight is 280 g/mol. The van der Waals surface area contributed by atoms with Crippen molar-refractivity contribution in [3.8, 4) is 0 Å². The molecule has 0 bridgehead atoms. The number of carbonyl (C=O) groups excluding carboxylic acids is 1. The molecule has 1 unspecified atom stereocenters. The lowest BCUT2D eigenvalue weighted by molar-refractivity contribution is 0.0735. The maximum absolute atomic E-state index is 12.4. The zero-order valence-electron chi connectivity index (χ0n) is 11.6. The van der Waals surface area contributed by atoms with Gasteiger partial charge in [0.15, 0.2) is 0 Å². The number of nitrogens with one attached hydrogen (secondary N) is 3. The first kappa shape index (κ1) is 14.5. The molecule has 0 aliphatic carbocycles. The van der Waals surface area contributed by atoms with Gasteiger partial charge in [0.1, 0.15) is 5.69 Å². The fourth-order valence-corrected chi connectivity index (χ4v) is 2.48. The molecule has 7 heteroatoms. The van der Waals surface area contributed by atoms with Gasteiger partial charge in [-0.3, -0.25) is 14.6 Å². The summed E-state index contributed by atoms with van der Waals surface area (Å²) >= 11 is 0. The first-order chi connectivity index (χ1) is 9.60. The Kier molecular flexibility index (Phi) is 4.73. The molecule has 2 heterocycles. The molecule has 2 rings (SSSR count). The molecule has 3 N–H and O–H groups in total. The number of nitrogens with zero attached hydrogens (tertiary/aromatic N) is 1. The molecule has 0 saturated carbocycles. The molecule has 1 saturated heterocycles. The van der Waals surface area contributed by atoms with Crippen molar-refractivity contribution in [3.63, 3.8) is 0 Å². The first-order valence-electron chi connectivity index (χ1n) is 6.96. The van der Waals surface area contributed by atoms with Crippen LogP contribution in [0, 0.1) is 0 Å². The van der Waals surface area contributed by atoms with Crippen molar-refractivity contribution in [1.29, 1.82) is 0 Å². The number of carbonyl (C=O) groups is 1. The van der Waals surface area contributed by atoms with Gasteiger partial charge in [-0.25, -0.2) is 4.79 Å². The van der Waals surface area contributed by atoms with Crippen LogP contribution < -0.4 is 16.6 Å². The van der Waals surface area contributed by atoms with Crippen LogP contribution in [0.15, 0.2) is 15.7 Å². The Morgan fingerprint density at radius 3 is 2.80 bits per heavy atom. The maximum atomic E-state index is 12.4. The standard InChI is InChI=1S/C13H20N4O3/c1-2-6-17(8-9-4-3-5-14-9)12(19)10-7-11(18)16-13(20)15-10/h7,9,14H,2-6,8H2,1H3,(H2,15,16,18,20). The van der Waals surface area contributed by atoms with Crippen LogP contribution in [0.25, 0.3) is 0 Å². The molecular weight excluding hydrogens is 260 g/mol. The van der Waals surface area contributed by atoms with Crippen LogP contribution in [0.3, 0.4) is 0 Å². The average Bonchev–Trinajstić information content (AvgIpc) is 2.89. The molecular formula is C13H20N4O3. The minimum atomic E-state index is -0.656. The largest absolute Gasteiger partial charge is 0.336 e. The van der Waals surface area contributed by atoms with Gasteiger partial charge in [0.2, 0.25) is 0 Å². The van der Waals surface area contributed by atoms with Crippen molar-refractivity contribution in [2.45, 2.75) is 32.2 Å². The highest BCUT2D eigenvalue weighted by Crippen LogP contribution is 2.09. The second kappa shape index (κ2) is 6.51. The van der Waals surface area contributed by atoms with Gasteiger partial charge < -0.3 is 15.2 Å². The SMILES string of the molecule is CCCN(CC1CCCN1)C(=O)c1cc(=O)[nH]c(=O)[nH]1. The van der Waals surface area contributed by atoms with Crippen LogP contribution in [-0.4, -0.2) is 46.5 Å². The number of hydrogen-bond acceptors (Lipinski definition) is 4. The summed E-state index contributed by atoms with van der Waals surface area (Å²) in [6, 6.07) is 1.42. The predicted octanol–water partition coefficient (Wildman–Crippen LogP) is -0.333. The van der Waals surface area contributed by atoms with Gasteiger partial charge in [-0.15, -0.1) is 0 Å².